The molecule has 1 saturated heterocycles. The molecule has 0 bridgehead atoms. The van der Waals surface area contributed by atoms with E-state index in [0.29, 0.717) is 31.4 Å². The number of rotatable bonds is 6. The Morgan fingerprint density at radius 3 is 3.00 bits per heavy atom. The molecule has 124 valence electrons. The third-order valence-corrected chi connectivity index (χ3v) is 4.04. The minimum absolute atomic E-state index is 0.106. The van der Waals surface area contributed by atoms with Crippen molar-refractivity contribution in [1.29, 1.82) is 5.26 Å². The van der Waals surface area contributed by atoms with Crippen LogP contribution in [0.3, 0.4) is 0 Å². The Morgan fingerprint density at radius 1 is 1.61 bits per heavy atom. The van der Waals surface area contributed by atoms with Crippen LogP contribution in [0.25, 0.3) is 0 Å². The number of carbonyl (C=O) groups is 1. The molecule has 0 saturated carbocycles. The Balaban J connectivity index is 2.21. The van der Waals surface area contributed by atoms with Gasteiger partial charge >= 0.3 is 0 Å². The van der Waals surface area contributed by atoms with Crippen LogP contribution in [0.5, 0.6) is 0 Å². The van der Waals surface area contributed by atoms with Crippen molar-refractivity contribution in [3.63, 3.8) is 0 Å². The highest BCUT2D eigenvalue weighted by Crippen LogP contribution is 2.20. The number of hydrogen-bond donors (Lipinski definition) is 0. The number of carbonyl (C=O) groups excluding carboxylic acids is 1. The van der Waals surface area contributed by atoms with Crippen LogP contribution in [-0.4, -0.2) is 47.1 Å². The van der Waals surface area contributed by atoms with Gasteiger partial charge in [-0.05, 0) is 6.42 Å². The van der Waals surface area contributed by atoms with Gasteiger partial charge in [-0.25, -0.2) is 9.97 Å². The van der Waals surface area contributed by atoms with Crippen molar-refractivity contribution in [2.45, 2.75) is 32.6 Å². The van der Waals surface area contributed by atoms with E-state index in [1.165, 1.54) is 6.20 Å². The Labute approximate surface area is 141 Å². The van der Waals surface area contributed by atoms with E-state index in [9.17, 15) is 4.79 Å². The normalized spacial score (nSPS) is 17.3. The van der Waals surface area contributed by atoms with Crippen LogP contribution in [0.15, 0.2) is 6.20 Å². The van der Waals surface area contributed by atoms with Crippen LogP contribution in [-0.2, 0) is 4.74 Å². The zero-order valence-electron chi connectivity index (χ0n) is 13.5. The summed E-state index contributed by atoms with van der Waals surface area (Å²) >= 11 is 6.13. The molecular formula is C16H21ClN4O2. The first-order valence-electron chi connectivity index (χ1n) is 7.79. The third-order valence-electron chi connectivity index (χ3n) is 3.77. The maximum Gasteiger partial charge on any atom is 0.274 e. The number of amides is 1. The molecule has 2 heterocycles. The van der Waals surface area contributed by atoms with Gasteiger partial charge in [0, 0.05) is 31.5 Å². The number of hydrogen-bond acceptors (Lipinski definition) is 5. The molecule has 1 aliphatic heterocycles. The van der Waals surface area contributed by atoms with Crippen molar-refractivity contribution in [2.24, 2.45) is 5.92 Å². The van der Waals surface area contributed by atoms with Crippen molar-refractivity contribution in [3.8, 4) is 6.07 Å². The smallest absolute Gasteiger partial charge is 0.274 e. The summed E-state index contributed by atoms with van der Waals surface area (Å²) < 4.78 is 5.37. The molecule has 0 aliphatic carbocycles. The maximum absolute atomic E-state index is 12.8. The molecule has 0 aromatic carbocycles. The monoisotopic (exact) mass is 336 g/mol. The lowest BCUT2D eigenvalue weighted by molar-refractivity contribution is 0.0718. The zero-order valence-corrected chi connectivity index (χ0v) is 14.2. The molecule has 6 nitrogen and oxygen atoms in total. The molecular weight excluding hydrogens is 316 g/mol. The topological polar surface area (TPSA) is 79.1 Å². The van der Waals surface area contributed by atoms with Gasteiger partial charge in [0.25, 0.3) is 5.91 Å². The predicted molar refractivity (Wildman–Crippen MR) is 86.2 cm³/mol. The van der Waals surface area contributed by atoms with Crippen LogP contribution in [0.2, 0.25) is 5.02 Å². The van der Waals surface area contributed by atoms with Gasteiger partial charge in [-0.3, -0.25) is 4.79 Å². The molecule has 0 unspecified atom stereocenters. The predicted octanol–water partition coefficient (Wildman–Crippen LogP) is 2.65. The van der Waals surface area contributed by atoms with Crippen LogP contribution < -0.4 is 0 Å². The fourth-order valence-corrected chi connectivity index (χ4v) is 2.63. The molecule has 1 aliphatic rings. The minimum Gasteiger partial charge on any atom is -0.381 e. The average molecular weight is 337 g/mol. The van der Waals surface area contributed by atoms with Gasteiger partial charge < -0.3 is 9.64 Å². The first-order chi connectivity index (χ1) is 11.0. The molecule has 2 rings (SSSR count). The second-order valence-corrected chi connectivity index (χ2v) is 6.38. The van der Waals surface area contributed by atoms with E-state index >= 15 is 0 Å². The molecule has 1 fully saturated rings. The van der Waals surface area contributed by atoms with Crippen LogP contribution in [0.4, 0.5) is 0 Å². The van der Waals surface area contributed by atoms with E-state index in [1.807, 2.05) is 13.8 Å². The fourth-order valence-electron chi connectivity index (χ4n) is 2.46. The average Bonchev–Trinajstić information content (AvgIpc) is 3.04. The number of halogens is 1. The third kappa shape index (κ3) is 4.63. The lowest BCUT2D eigenvalue weighted by Gasteiger charge is -2.24. The molecule has 0 N–H and O–H groups in total. The Morgan fingerprint density at radius 2 is 2.39 bits per heavy atom. The van der Waals surface area contributed by atoms with Crippen molar-refractivity contribution in [3.05, 3.63) is 22.7 Å². The number of nitriles is 1. The fraction of sp³-hybridized carbons (Fsp3) is 0.625. The summed E-state index contributed by atoms with van der Waals surface area (Å²) in [6.45, 7) is 6.20. The molecule has 1 atom stereocenters. The standard InChI is InChI=1S/C16H21ClN4O2/c1-11(2)15-19-8-13(17)14(20-15)16(22)21(6-3-5-18)9-12-4-7-23-10-12/h8,11-12H,3-4,6-7,9-10H2,1-2H3/t12-/m0/s1. The molecule has 0 spiro atoms. The van der Waals surface area contributed by atoms with E-state index in [1.54, 1.807) is 4.90 Å². The number of ether oxygens (including phenoxy) is 1. The summed E-state index contributed by atoms with van der Waals surface area (Å²) in [5.41, 5.74) is 0.210. The summed E-state index contributed by atoms with van der Waals surface area (Å²) in [5.74, 6) is 0.737. The summed E-state index contributed by atoms with van der Waals surface area (Å²) in [6, 6.07) is 2.08. The van der Waals surface area contributed by atoms with Crippen molar-refractivity contribution < 1.29 is 9.53 Å². The summed E-state index contributed by atoms with van der Waals surface area (Å²) in [5, 5.41) is 9.08. The maximum atomic E-state index is 12.8. The minimum atomic E-state index is -0.249. The van der Waals surface area contributed by atoms with E-state index in [2.05, 4.69) is 16.0 Å². The lowest BCUT2D eigenvalue weighted by Crippen LogP contribution is -2.37. The van der Waals surface area contributed by atoms with Crippen LogP contribution in [0, 0.1) is 17.2 Å². The SMILES string of the molecule is CC(C)c1ncc(Cl)c(C(=O)N(CCC#N)C[C@@H]2CCOC2)n1. The highest BCUT2D eigenvalue weighted by atomic mass is 35.5. The highest BCUT2D eigenvalue weighted by molar-refractivity contribution is 6.33. The van der Waals surface area contributed by atoms with Gasteiger partial charge in [-0.15, -0.1) is 0 Å². The van der Waals surface area contributed by atoms with Crippen LogP contribution in [0.1, 0.15) is 48.9 Å². The van der Waals surface area contributed by atoms with Gasteiger partial charge in [0.15, 0.2) is 5.69 Å². The first-order valence-corrected chi connectivity index (χ1v) is 8.17. The van der Waals surface area contributed by atoms with Gasteiger partial charge in [0.1, 0.15) is 5.82 Å². The largest absolute Gasteiger partial charge is 0.381 e. The van der Waals surface area contributed by atoms with Gasteiger partial charge in [-0.1, -0.05) is 25.4 Å². The summed E-state index contributed by atoms with van der Waals surface area (Å²) in [4.78, 5) is 23.0. The molecule has 0 radical (unpaired) electrons. The second kappa shape index (κ2) is 8.23. The van der Waals surface area contributed by atoms with Crippen molar-refractivity contribution in [1.82, 2.24) is 14.9 Å². The zero-order chi connectivity index (χ0) is 16.8. The van der Waals surface area contributed by atoms with E-state index in [0.717, 1.165) is 13.0 Å². The summed E-state index contributed by atoms with van der Waals surface area (Å²) in [7, 11) is 0. The summed E-state index contributed by atoms with van der Waals surface area (Å²) in [6.07, 6.45) is 2.67. The highest BCUT2D eigenvalue weighted by Gasteiger charge is 2.26. The van der Waals surface area contributed by atoms with Gasteiger partial charge in [0.05, 0.1) is 30.3 Å². The van der Waals surface area contributed by atoms with Crippen molar-refractivity contribution >= 4 is 17.5 Å². The molecule has 1 aromatic rings. The van der Waals surface area contributed by atoms with E-state index < -0.39 is 0 Å². The molecule has 1 amide bonds. The molecule has 1 aromatic heterocycles. The number of aromatic nitrogens is 2. The molecule has 7 heteroatoms. The Kier molecular flexibility index (Phi) is 6.31. The van der Waals surface area contributed by atoms with E-state index in [-0.39, 0.29) is 29.0 Å². The quantitative estimate of drug-likeness (QED) is 0.797. The van der Waals surface area contributed by atoms with E-state index in [4.69, 9.17) is 21.6 Å². The molecule has 23 heavy (non-hydrogen) atoms. The van der Waals surface area contributed by atoms with Gasteiger partial charge in [0.2, 0.25) is 0 Å². The first kappa shape index (κ1) is 17.6. The number of nitrogens with zero attached hydrogens (tertiary/aromatic N) is 4. The van der Waals surface area contributed by atoms with Gasteiger partial charge in [-0.2, -0.15) is 5.26 Å². The van der Waals surface area contributed by atoms with Crippen LogP contribution >= 0.6 is 11.6 Å². The Bertz CT molecular complexity index is 594. The van der Waals surface area contributed by atoms with Crippen molar-refractivity contribution in [2.75, 3.05) is 26.3 Å². The lowest BCUT2D eigenvalue weighted by atomic mass is 10.1. The second-order valence-electron chi connectivity index (χ2n) is 5.97. The Hall–Kier alpha value is -1.71.